The van der Waals surface area contributed by atoms with Gasteiger partial charge in [0.15, 0.2) is 5.96 Å². The molecule has 0 amide bonds. The van der Waals surface area contributed by atoms with Crippen molar-refractivity contribution in [2.75, 3.05) is 46.1 Å². The zero-order valence-corrected chi connectivity index (χ0v) is 21.4. The molecular formula is C23H38IN3O4. The van der Waals surface area contributed by atoms with Crippen LogP contribution < -0.4 is 5.32 Å². The Kier molecular flexibility index (Phi) is 14.5. The summed E-state index contributed by atoms with van der Waals surface area (Å²) in [4.78, 5) is 19.2. The van der Waals surface area contributed by atoms with Crippen molar-refractivity contribution in [2.24, 2.45) is 10.9 Å². The van der Waals surface area contributed by atoms with Gasteiger partial charge in [-0.2, -0.15) is 0 Å². The van der Waals surface area contributed by atoms with Gasteiger partial charge in [0.1, 0.15) is 0 Å². The highest BCUT2D eigenvalue weighted by atomic mass is 127. The Morgan fingerprint density at radius 3 is 2.68 bits per heavy atom. The molecule has 0 aliphatic carbocycles. The first-order chi connectivity index (χ1) is 14.7. The second-order valence-electron chi connectivity index (χ2n) is 7.28. The number of esters is 1. The number of aliphatic imine (C=N–C) groups is 1. The van der Waals surface area contributed by atoms with Gasteiger partial charge >= 0.3 is 5.97 Å². The van der Waals surface area contributed by atoms with Crippen LogP contribution in [-0.4, -0.2) is 62.9 Å². The second-order valence-corrected chi connectivity index (χ2v) is 7.28. The standard InChI is InChI=1S/C23H37N3O4.HI/c1-4-24-23(26-12-8-11-21(17-26)22(27)30-6-3)25-16-19-9-7-10-20(15-19)18-29-14-13-28-5-2;/h7,9-10,15,21H,4-6,8,11-14,16-18H2,1-3H3,(H,24,25);1H. The van der Waals surface area contributed by atoms with Crippen molar-refractivity contribution in [3.8, 4) is 0 Å². The molecule has 1 fully saturated rings. The second kappa shape index (κ2) is 16.3. The van der Waals surface area contributed by atoms with Crippen LogP contribution in [0, 0.1) is 5.92 Å². The minimum absolute atomic E-state index is 0. The molecule has 0 spiro atoms. The van der Waals surface area contributed by atoms with Gasteiger partial charge in [-0.1, -0.05) is 24.3 Å². The summed E-state index contributed by atoms with van der Waals surface area (Å²) in [6, 6.07) is 8.31. The van der Waals surface area contributed by atoms with Gasteiger partial charge in [0.2, 0.25) is 0 Å². The average molecular weight is 547 g/mol. The van der Waals surface area contributed by atoms with Crippen molar-refractivity contribution in [2.45, 2.75) is 46.8 Å². The van der Waals surface area contributed by atoms with Gasteiger partial charge in [0, 0.05) is 26.2 Å². The number of carbonyl (C=O) groups is 1. The first-order valence-electron chi connectivity index (χ1n) is 11.1. The molecule has 1 atom stereocenters. The van der Waals surface area contributed by atoms with Gasteiger partial charge < -0.3 is 24.4 Å². The molecule has 31 heavy (non-hydrogen) atoms. The molecule has 1 aliphatic heterocycles. The third-order valence-corrected chi connectivity index (χ3v) is 4.92. The fourth-order valence-corrected chi connectivity index (χ4v) is 3.48. The van der Waals surface area contributed by atoms with E-state index < -0.39 is 0 Å². The predicted molar refractivity (Wildman–Crippen MR) is 134 cm³/mol. The Morgan fingerprint density at radius 2 is 1.94 bits per heavy atom. The number of rotatable bonds is 11. The summed E-state index contributed by atoms with van der Waals surface area (Å²) >= 11 is 0. The zero-order chi connectivity index (χ0) is 21.6. The zero-order valence-electron chi connectivity index (χ0n) is 19.1. The number of likely N-dealkylation sites (tertiary alicyclic amines) is 1. The van der Waals surface area contributed by atoms with E-state index in [1.165, 1.54) is 0 Å². The van der Waals surface area contributed by atoms with Crippen molar-refractivity contribution in [3.05, 3.63) is 35.4 Å². The number of benzene rings is 1. The molecule has 7 nitrogen and oxygen atoms in total. The third kappa shape index (κ3) is 10.2. The molecule has 1 unspecified atom stereocenters. The molecule has 1 aromatic rings. The first kappa shape index (κ1) is 27.6. The summed E-state index contributed by atoms with van der Waals surface area (Å²) in [6.07, 6.45) is 1.84. The fraction of sp³-hybridized carbons (Fsp3) is 0.652. The lowest BCUT2D eigenvalue weighted by molar-refractivity contribution is -0.149. The van der Waals surface area contributed by atoms with Gasteiger partial charge in [-0.05, 0) is 44.7 Å². The van der Waals surface area contributed by atoms with E-state index in [0.717, 1.165) is 43.0 Å². The number of hydrogen-bond acceptors (Lipinski definition) is 5. The van der Waals surface area contributed by atoms with Gasteiger partial charge in [-0.25, -0.2) is 4.99 Å². The van der Waals surface area contributed by atoms with E-state index in [2.05, 4.69) is 35.3 Å². The molecule has 1 aromatic carbocycles. The van der Waals surface area contributed by atoms with E-state index in [1.54, 1.807) is 0 Å². The number of nitrogens with zero attached hydrogens (tertiary/aromatic N) is 2. The van der Waals surface area contributed by atoms with Crippen molar-refractivity contribution in [1.29, 1.82) is 0 Å². The van der Waals surface area contributed by atoms with E-state index in [9.17, 15) is 4.79 Å². The number of guanidine groups is 1. The molecule has 0 bridgehead atoms. The molecule has 1 heterocycles. The number of halogens is 1. The molecule has 176 valence electrons. The smallest absolute Gasteiger partial charge is 0.310 e. The van der Waals surface area contributed by atoms with E-state index in [1.807, 2.05) is 19.9 Å². The Balaban J connectivity index is 0.00000480. The molecule has 1 saturated heterocycles. The molecular weight excluding hydrogens is 509 g/mol. The number of carbonyl (C=O) groups excluding carboxylic acids is 1. The van der Waals surface area contributed by atoms with Crippen LogP contribution in [0.15, 0.2) is 29.3 Å². The van der Waals surface area contributed by atoms with E-state index >= 15 is 0 Å². The van der Waals surface area contributed by atoms with Crippen LogP contribution in [0.5, 0.6) is 0 Å². The highest BCUT2D eigenvalue weighted by molar-refractivity contribution is 14.0. The Labute approximate surface area is 203 Å². The maximum Gasteiger partial charge on any atom is 0.310 e. The summed E-state index contributed by atoms with van der Waals surface area (Å²) in [7, 11) is 0. The van der Waals surface area contributed by atoms with Gasteiger partial charge in [0.05, 0.1) is 38.9 Å². The van der Waals surface area contributed by atoms with E-state index in [0.29, 0.717) is 46.1 Å². The maximum atomic E-state index is 12.2. The number of hydrogen-bond donors (Lipinski definition) is 1. The normalized spacial score (nSPS) is 16.5. The monoisotopic (exact) mass is 547 g/mol. The van der Waals surface area contributed by atoms with Crippen molar-refractivity contribution in [1.82, 2.24) is 10.2 Å². The summed E-state index contributed by atoms with van der Waals surface area (Å²) in [6.45, 7) is 11.7. The minimum atomic E-state index is -0.102. The fourth-order valence-electron chi connectivity index (χ4n) is 3.48. The maximum absolute atomic E-state index is 12.2. The molecule has 0 aromatic heterocycles. The first-order valence-corrected chi connectivity index (χ1v) is 11.1. The van der Waals surface area contributed by atoms with E-state index in [-0.39, 0.29) is 35.9 Å². The third-order valence-electron chi connectivity index (χ3n) is 4.92. The predicted octanol–water partition coefficient (Wildman–Crippen LogP) is 3.60. The Morgan fingerprint density at radius 1 is 1.16 bits per heavy atom. The number of ether oxygens (including phenoxy) is 3. The number of piperidine rings is 1. The molecule has 0 saturated carbocycles. The quantitative estimate of drug-likeness (QED) is 0.150. The van der Waals surface area contributed by atoms with Crippen LogP contribution in [0.2, 0.25) is 0 Å². The lowest BCUT2D eigenvalue weighted by atomic mass is 9.98. The average Bonchev–Trinajstić information content (AvgIpc) is 2.77. The van der Waals surface area contributed by atoms with Gasteiger partial charge in [0.25, 0.3) is 0 Å². The SMILES string of the molecule is CCNC(=NCc1cccc(COCCOCC)c1)N1CCCC(C(=O)OCC)C1.I. The Bertz CT molecular complexity index is 672. The molecule has 1 N–H and O–H groups in total. The van der Waals surface area contributed by atoms with Crippen LogP contribution in [0.4, 0.5) is 0 Å². The van der Waals surface area contributed by atoms with Crippen LogP contribution in [0.25, 0.3) is 0 Å². The van der Waals surface area contributed by atoms with Crippen molar-refractivity contribution < 1.29 is 19.0 Å². The highest BCUT2D eigenvalue weighted by Gasteiger charge is 2.28. The van der Waals surface area contributed by atoms with E-state index in [4.69, 9.17) is 19.2 Å². The molecule has 2 rings (SSSR count). The molecule has 0 radical (unpaired) electrons. The molecule has 1 aliphatic rings. The topological polar surface area (TPSA) is 72.4 Å². The van der Waals surface area contributed by atoms with Gasteiger partial charge in [-0.3, -0.25) is 4.79 Å². The minimum Gasteiger partial charge on any atom is -0.466 e. The summed E-state index contributed by atoms with van der Waals surface area (Å²) in [5.41, 5.74) is 2.26. The van der Waals surface area contributed by atoms with Crippen LogP contribution in [0.1, 0.15) is 44.7 Å². The van der Waals surface area contributed by atoms with Gasteiger partial charge in [-0.15, -0.1) is 24.0 Å². The Hall–Kier alpha value is -1.39. The lowest BCUT2D eigenvalue weighted by Gasteiger charge is -2.34. The van der Waals surface area contributed by atoms with Crippen LogP contribution >= 0.6 is 24.0 Å². The highest BCUT2D eigenvalue weighted by Crippen LogP contribution is 2.18. The van der Waals surface area contributed by atoms with Crippen LogP contribution in [-0.2, 0) is 32.2 Å². The lowest BCUT2D eigenvalue weighted by Crippen LogP contribution is -2.48. The summed E-state index contributed by atoms with van der Waals surface area (Å²) in [5, 5.41) is 3.37. The van der Waals surface area contributed by atoms with Crippen molar-refractivity contribution >= 4 is 35.9 Å². The number of nitrogens with one attached hydrogen (secondary N) is 1. The summed E-state index contributed by atoms with van der Waals surface area (Å²) in [5.74, 6) is 0.666. The molecule has 8 heteroatoms. The van der Waals surface area contributed by atoms with Crippen LogP contribution in [0.3, 0.4) is 0 Å². The summed E-state index contributed by atoms with van der Waals surface area (Å²) < 4.78 is 16.2. The van der Waals surface area contributed by atoms with Crippen molar-refractivity contribution in [3.63, 3.8) is 0 Å². The largest absolute Gasteiger partial charge is 0.466 e.